The lowest BCUT2D eigenvalue weighted by molar-refractivity contribution is 0.0729. The molecule has 1 saturated carbocycles. The predicted octanol–water partition coefficient (Wildman–Crippen LogP) is 4.11. The third kappa shape index (κ3) is 4.03. The molecule has 6 heteroatoms. The van der Waals surface area contributed by atoms with E-state index in [0.29, 0.717) is 30.5 Å². The van der Waals surface area contributed by atoms with Crippen LogP contribution >= 0.6 is 0 Å². The third-order valence-corrected chi connectivity index (χ3v) is 5.23. The van der Waals surface area contributed by atoms with Gasteiger partial charge in [0.2, 0.25) is 0 Å². The molecule has 150 valence electrons. The minimum absolute atomic E-state index is 0.0347. The lowest BCUT2D eigenvalue weighted by Gasteiger charge is -2.23. The number of ether oxygens (including phenoxy) is 1. The van der Waals surface area contributed by atoms with Gasteiger partial charge in [0, 0.05) is 42.9 Å². The molecule has 3 aromatic heterocycles. The molecule has 0 spiro atoms. The van der Waals surface area contributed by atoms with Crippen molar-refractivity contribution in [2.75, 3.05) is 0 Å². The van der Waals surface area contributed by atoms with Crippen LogP contribution in [0.15, 0.2) is 79.4 Å². The Hall–Kier alpha value is -3.67. The van der Waals surface area contributed by atoms with Gasteiger partial charge in [0.15, 0.2) is 0 Å². The van der Waals surface area contributed by atoms with E-state index in [0.717, 1.165) is 29.7 Å². The summed E-state index contributed by atoms with van der Waals surface area (Å²) in [6.07, 6.45) is 9.55. The molecule has 1 aliphatic carbocycles. The van der Waals surface area contributed by atoms with Crippen molar-refractivity contribution in [3.05, 3.63) is 96.2 Å². The molecular formula is C24H22N4O2. The highest BCUT2D eigenvalue weighted by Crippen LogP contribution is 2.30. The van der Waals surface area contributed by atoms with Gasteiger partial charge in [-0.1, -0.05) is 12.1 Å². The zero-order valence-electron chi connectivity index (χ0n) is 16.5. The summed E-state index contributed by atoms with van der Waals surface area (Å²) in [6.45, 7) is 0.945. The van der Waals surface area contributed by atoms with Gasteiger partial charge in [0.1, 0.15) is 18.0 Å². The lowest BCUT2D eigenvalue weighted by Crippen LogP contribution is -2.32. The molecule has 5 rings (SSSR count). The number of amides is 1. The number of hydrogen-bond acceptors (Lipinski definition) is 4. The monoisotopic (exact) mass is 398 g/mol. The topological polar surface area (TPSA) is 59.7 Å². The highest BCUT2D eigenvalue weighted by atomic mass is 16.5. The highest BCUT2D eigenvalue weighted by Gasteiger charge is 2.33. The summed E-state index contributed by atoms with van der Waals surface area (Å²) in [5.41, 5.74) is 3.46. The zero-order chi connectivity index (χ0) is 20.3. The summed E-state index contributed by atoms with van der Waals surface area (Å²) < 4.78 is 7.90. The van der Waals surface area contributed by atoms with Crippen molar-refractivity contribution in [3.63, 3.8) is 0 Å². The van der Waals surface area contributed by atoms with Crippen LogP contribution < -0.4 is 4.74 Å². The molecule has 0 bridgehead atoms. The molecule has 30 heavy (non-hydrogen) atoms. The fourth-order valence-corrected chi connectivity index (χ4v) is 3.54. The van der Waals surface area contributed by atoms with Gasteiger partial charge in [-0.15, -0.1) is 0 Å². The van der Waals surface area contributed by atoms with Crippen LogP contribution in [0.4, 0.5) is 0 Å². The van der Waals surface area contributed by atoms with E-state index in [4.69, 9.17) is 4.74 Å². The number of aromatic nitrogens is 3. The molecular weight excluding hydrogens is 376 g/mol. The number of carbonyl (C=O) groups excluding carboxylic acids is 1. The van der Waals surface area contributed by atoms with Crippen LogP contribution in [0.5, 0.6) is 5.75 Å². The number of imidazole rings is 1. The average Bonchev–Trinajstić information content (AvgIpc) is 3.55. The Morgan fingerprint density at radius 1 is 1.10 bits per heavy atom. The Kier molecular flexibility index (Phi) is 4.89. The Bertz CT molecular complexity index is 1140. The van der Waals surface area contributed by atoms with Gasteiger partial charge >= 0.3 is 0 Å². The molecule has 3 heterocycles. The summed E-state index contributed by atoms with van der Waals surface area (Å²) in [7, 11) is 0. The summed E-state index contributed by atoms with van der Waals surface area (Å²) in [5, 5.41) is 0. The van der Waals surface area contributed by atoms with Crippen molar-refractivity contribution in [1.29, 1.82) is 0 Å². The van der Waals surface area contributed by atoms with Crippen LogP contribution in [0.3, 0.4) is 0 Å². The Morgan fingerprint density at radius 2 is 1.97 bits per heavy atom. The van der Waals surface area contributed by atoms with Crippen molar-refractivity contribution < 1.29 is 9.53 Å². The number of carbonyl (C=O) groups is 1. The first kappa shape index (κ1) is 18.4. The second-order valence-corrected chi connectivity index (χ2v) is 7.53. The van der Waals surface area contributed by atoms with Crippen LogP contribution in [0.2, 0.25) is 0 Å². The van der Waals surface area contributed by atoms with E-state index in [1.165, 1.54) is 0 Å². The van der Waals surface area contributed by atoms with Crippen LogP contribution in [0.25, 0.3) is 5.65 Å². The summed E-state index contributed by atoms with van der Waals surface area (Å²) in [6, 6.07) is 17.5. The Morgan fingerprint density at radius 3 is 2.77 bits per heavy atom. The minimum Gasteiger partial charge on any atom is -0.487 e. The molecule has 0 aliphatic heterocycles. The molecule has 0 saturated heterocycles. The molecule has 6 nitrogen and oxygen atoms in total. The highest BCUT2D eigenvalue weighted by molar-refractivity contribution is 5.95. The number of nitrogens with zero attached hydrogens (tertiary/aromatic N) is 4. The first-order valence-corrected chi connectivity index (χ1v) is 10.1. The first-order chi connectivity index (χ1) is 14.8. The van der Waals surface area contributed by atoms with Gasteiger partial charge in [-0.05, 0) is 60.9 Å². The van der Waals surface area contributed by atoms with E-state index in [2.05, 4.69) is 9.97 Å². The Balaban J connectivity index is 1.30. The quantitative estimate of drug-likeness (QED) is 0.470. The van der Waals surface area contributed by atoms with Gasteiger partial charge in [-0.3, -0.25) is 9.78 Å². The predicted molar refractivity (Wildman–Crippen MR) is 113 cm³/mol. The SMILES string of the molecule is O=C(c1cccc(OCc2cn3ccccc3n2)c1)N(Cc1ccncc1)C1CC1. The fourth-order valence-electron chi connectivity index (χ4n) is 3.54. The van der Waals surface area contributed by atoms with Crippen LogP contribution in [-0.4, -0.2) is 31.2 Å². The molecule has 4 aromatic rings. The molecule has 0 radical (unpaired) electrons. The Labute approximate surface area is 174 Å². The van der Waals surface area contributed by atoms with Crippen molar-refractivity contribution in [2.45, 2.75) is 32.0 Å². The molecule has 0 unspecified atom stereocenters. The van der Waals surface area contributed by atoms with Crippen molar-refractivity contribution in [2.24, 2.45) is 0 Å². The van der Waals surface area contributed by atoms with Gasteiger partial charge in [0.25, 0.3) is 5.91 Å². The molecule has 1 fully saturated rings. The van der Waals surface area contributed by atoms with Gasteiger partial charge < -0.3 is 14.0 Å². The number of hydrogen-bond donors (Lipinski definition) is 0. The number of benzene rings is 1. The lowest BCUT2D eigenvalue weighted by atomic mass is 10.1. The largest absolute Gasteiger partial charge is 0.487 e. The van der Waals surface area contributed by atoms with E-state index in [9.17, 15) is 4.79 Å². The van der Waals surface area contributed by atoms with Gasteiger partial charge in [-0.25, -0.2) is 4.98 Å². The normalized spacial score (nSPS) is 13.3. The second kappa shape index (κ2) is 7.99. The fraction of sp³-hybridized carbons (Fsp3) is 0.208. The van der Waals surface area contributed by atoms with E-state index in [-0.39, 0.29) is 5.91 Å². The smallest absolute Gasteiger partial charge is 0.254 e. The molecule has 0 atom stereocenters. The van der Waals surface area contributed by atoms with E-state index in [1.54, 1.807) is 12.4 Å². The maximum atomic E-state index is 13.2. The second-order valence-electron chi connectivity index (χ2n) is 7.53. The zero-order valence-corrected chi connectivity index (χ0v) is 16.5. The summed E-state index contributed by atoms with van der Waals surface area (Å²) >= 11 is 0. The van der Waals surface area contributed by atoms with Crippen LogP contribution in [0, 0.1) is 0 Å². The van der Waals surface area contributed by atoms with Crippen LogP contribution in [-0.2, 0) is 13.2 Å². The first-order valence-electron chi connectivity index (χ1n) is 10.1. The molecule has 0 N–H and O–H groups in total. The molecule has 1 aliphatic rings. The maximum Gasteiger partial charge on any atom is 0.254 e. The summed E-state index contributed by atoms with van der Waals surface area (Å²) in [4.78, 5) is 23.8. The van der Waals surface area contributed by atoms with E-state index in [1.807, 2.05) is 76.3 Å². The van der Waals surface area contributed by atoms with Crippen molar-refractivity contribution in [1.82, 2.24) is 19.3 Å². The van der Waals surface area contributed by atoms with Gasteiger partial charge in [-0.2, -0.15) is 0 Å². The summed E-state index contributed by atoms with van der Waals surface area (Å²) in [5.74, 6) is 0.699. The average molecular weight is 398 g/mol. The molecule has 1 aromatic carbocycles. The standard InChI is InChI=1S/C24H22N4O2/c29-24(28(21-7-8-21)15-18-9-11-25-12-10-18)19-4-3-5-22(14-19)30-17-20-16-27-13-2-1-6-23(27)26-20/h1-6,9-14,16,21H,7-8,15,17H2. The number of rotatable bonds is 7. The van der Waals surface area contributed by atoms with Crippen LogP contribution in [0.1, 0.15) is 34.5 Å². The van der Waals surface area contributed by atoms with E-state index >= 15 is 0 Å². The van der Waals surface area contributed by atoms with E-state index < -0.39 is 0 Å². The maximum absolute atomic E-state index is 13.2. The van der Waals surface area contributed by atoms with Gasteiger partial charge in [0.05, 0.1) is 5.69 Å². The third-order valence-electron chi connectivity index (χ3n) is 5.23. The number of fused-ring (bicyclic) bond motifs is 1. The minimum atomic E-state index is 0.0347. The van der Waals surface area contributed by atoms with Crippen molar-refractivity contribution in [3.8, 4) is 5.75 Å². The molecule has 1 amide bonds. The number of pyridine rings is 2. The van der Waals surface area contributed by atoms with Crippen molar-refractivity contribution >= 4 is 11.6 Å².